The first-order valence-corrected chi connectivity index (χ1v) is 7.35. The van der Waals surface area contributed by atoms with Crippen molar-refractivity contribution in [2.24, 2.45) is 0 Å². The number of rotatable bonds is 5. The number of hydrogen-bond acceptors (Lipinski definition) is 5. The van der Waals surface area contributed by atoms with Gasteiger partial charge in [0.2, 0.25) is 5.13 Å². The fourth-order valence-corrected chi connectivity index (χ4v) is 2.71. The maximum absolute atomic E-state index is 5.55. The van der Waals surface area contributed by atoms with Crippen LogP contribution < -0.4 is 5.32 Å². The second-order valence-corrected chi connectivity index (χ2v) is 5.42. The Kier molecular flexibility index (Phi) is 3.78. The van der Waals surface area contributed by atoms with Gasteiger partial charge in [-0.2, -0.15) is 0 Å². The summed E-state index contributed by atoms with van der Waals surface area (Å²) in [4.78, 5) is 0. The van der Waals surface area contributed by atoms with Crippen molar-refractivity contribution in [2.45, 2.75) is 19.4 Å². The number of aryl methyl sites for hydroxylation is 1. The molecule has 0 fully saturated rings. The Morgan fingerprint density at radius 2 is 2.00 bits per heavy atom. The van der Waals surface area contributed by atoms with Crippen molar-refractivity contribution in [2.75, 3.05) is 5.32 Å². The molecule has 3 rings (SSSR count). The molecule has 1 aromatic carbocycles. The number of nitrogens with zero attached hydrogens (tertiary/aromatic N) is 2. The largest absolute Gasteiger partial charge is 0.467 e. The molecule has 2 heterocycles. The normalized spacial score (nSPS) is 12.2. The zero-order chi connectivity index (χ0) is 13.8. The molecule has 1 N–H and O–H groups in total. The van der Waals surface area contributed by atoms with Gasteiger partial charge in [-0.1, -0.05) is 48.6 Å². The standard InChI is InChI=1S/C15H15N3OS/c1-2-13-17-18-15(20-13)16-14(12-9-6-10-19-12)11-7-4-3-5-8-11/h3-10,14H,2H2,1H3,(H,16,18). The summed E-state index contributed by atoms with van der Waals surface area (Å²) >= 11 is 1.58. The van der Waals surface area contributed by atoms with Gasteiger partial charge in [0.05, 0.1) is 6.26 Å². The van der Waals surface area contributed by atoms with Crippen molar-refractivity contribution in [3.63, 3.8) is 0 Å². The van der Waals surface area contributed by atoms with Gasteiger partial charge in [0, 0.05) is 0 Å². The van der Waals surface area contributed by atoms with Crippen molar-refractivity contribution in [3.8, 4) is 0 Å². The molecule has 0 aliphatic carbocycles. The molecule has 0 spiro atoms. The Labute approximate surface area is 121 Å². The predicted molar refractivity (Wildman–Crippen MR) is 79.9 cm³/mol. The second kappa shape index (κ2) is 5.88. The molecule has 0 bridgehead atoms. The van der Waals surface area contributed by atoms with Crippen LogP contribution in [0.25, 0.3) is 0 Å². The van der Waals surface area contributed by atoms with E-state index in [0.29, 0.717) is 0 Å². The fourth-order valence-electron chi connectivity index (χ4n) is 2.00. The van der Waals surface area contributed by atoms with Gasteiger partial charge in [-0.05, 0) is 24.1 Å². The SMILES string of the molecule is CCc1nnc(NC(c2ccccc2)c2ccco2)s1. The number of hydrogen-bond donors (Lipinski definition) is 1. The minimum absolute atomic E-state index is 0.0520. The Balaban J connectivity index is 1.90. The highest BCUT2D eigenvalue weighted by molar-refractivity contribution is 7.15. The van der Waals surface area contributed by atoms with Crippen LogP contribution in [0.15, 0.2) is 53.1 Å². The number of benzene rings is 1. The maximum atomic E-state index is 5.55. The highest BCUT2D eigenvalue weighted by atomic mass is 32.1. The highest BCUT2D eigenvalue weighted by Crippen LogP contribution is 2.28. The summed E-state index contributed by atoms with van der Waals surface area (Å²) in [6, 6.07) is 14.0. The first-order valence-electron chi connectivity index (χ1n) is 6.54. The van der Waals surface area contributed by atoms with E-state index in [0.717, 1.165) is 27.9 Å². The van der Waals surface area contributed by atoms with E-state index >= 15 is 0 Å². The van der Waals surface area contributed by atoms with Gasteiger partial charge in [-0.15, -0.1) is 10.2 Å². The zero-order valence-electron chi connectivity index (χ0n) is 11.1. The average molecular weight is 285 g/mol. The molecule has 102 valence electrons. The Bertz CT molecular complexity index is 649. The number of aromatic nitrogens is 2. The summed E-state index contributed by atoms with van der Waals surface area (Å²) in [7, 11) is 0. The highest BCUT2D eigenvalue weighted by Gasteiger charge is 2.18. The van der Waals surface area contributed by atoms with Crippen LogP contribution in [0.2, 0.25) is 0 Å². The van der Waals surface area contributed by atoms with Gasteiger partial charge in [-0.3, -0.25) is 0 Å². The van der Waals surface area contributed by atoms with Gasteiger partial charge in [0.25, 0.3) is 0 Å². The van der Waals surface area contributed by atoms with E-state index in [4.69, 9.17) is 4.42 Å². The van der Waals surface area contributed by atoms with Gasteiger partial charge < -0.3 is 9.73 Å². The van der Waals surface area contributed by atoms with Crippen molar-refractivity contribution >= 4 is 16.5 Å². The van der Waals surface area contributed by atoms with Crippen LogP contribution in [-0.2, 0) is 6.42 Å². The monoisotopic (exact) mass is 285 g/mol. The van der Waals surface area contributed by atoms with E-state index in [9.17, 15) is 0 Å². The summed E-state index contributed by atoms with van der Waals surface area (Å²) in [6.07, 6.45) is 2.58. The Morgan fingerprint density at radius 1 is 1.15 bits per heavy atom. The van der Waals surface area contributed by atoms with E-state index in [1.165, 1.54) is 0 Å². The molecular weight excluding hydrogens is 270 g/mol. The molecule has 0 radical (unpaired) electrons. The molecular formula is C15H15N3OS. The molecule has 1 atom stereocenters. The van der Waals surface area contributed by atoms with Crippen LogP contribution in [0.4, 0.5) is 5.13 Å². The quantitative estimate of drug-likeness (QED) is 0.772. The predicted octanol–water partition coefficient (Wildman–Crippen LogP) is 3.90. The third-order valence-corrected chi connectivity index (χ3v) is 4.00. The van der Waals surface area contributed by atoms with Crippen LogP contribution >= 0.6 is 11.3 Å². The average Bonchev–Trinajstić information content (AvgIpc) is 3.17. The summed E-state index contributed by atoms with van der Waals surface area (Å²) in [5.74, 6) is 0.865. The van der Waals surface area contributed by atoms with Crippen LogP contribution in [0.1, 0.15) is 29.3 Å². The van der Waals surface area contributed by atoms with Crippen LogP contribution in [0, 0.1) is 0 Å². The first-order chi connectivity index (χ1) is 9.86. The summed E-state index contributed by atoms with van der Waals surface area (Å²) in [5, 5.41) is 13.6. The van der Waals surface area contributed by atoms with Crippen molar-refractivity contribution in [1.29, 1.82) is 0 Å². The van der Waals surface area contributed by atoms with Crippen LogP contribution in [0.3, 0.4) is 0 Å². The number of anilines is 1. The van der Waals surface area contributed by atoms with Crippen molar-refractivity contribution in [3.05, 3.63) is 65.1 Å². The molecule has 0 aliphatic rings. The number of furan rings is 1. The lowest BCUT2D eigenvalue weighted by Crippen LogP contribution is -2.11. The lowest BCUT2D eigenvalue weighted by molar-refractivity contribution is 0.499. The van der Waals surface area contributed by atoms with Gasteiger partial charge in [0.1, 0.15) is 16.8 Å². The van der Waals surface area contributed by atoms with E-state index in [-0.39, 0.29) is 6.04 Å². The maximum Gasteiger partial charge on any atom is 0.206 e. The van der Waals surface area contributed by atoms with Gasteiger partial charge >= 0.3 is 0 Å². The first kappa shape index (κ1) is 12.9. The molecule has 2 aromatic heterocycles. The minimum atomic E-state index is -0.0520. The molecule has 0 saturated carbocycles. The molecule has 3 aromatic rings. The second-order valence-electron chi connectivity index (χ2n) is 4.36. The van der Waals surface area contributed by atoms with E-state index in [1.54, 1.807) is 17.6 Å². The fraction of sp³-hybridized carbons (Fsp3) is 0.200. The molecule has 0 aliphatic heterocycles. The summed E-state index contributed by atoms with van der Waals surface area (Å²) in [6.45, 7) is 2.07. The summed E-state index contributed by atoms with van der Waals surface area (Å²) < 4.78 is 5.55. The minimum Gasteiger partial charge on any atom is -0.467 e. The van der Waals surface area contributed by atoms with Crippen molar-refractivity contribution < 1.29 is 4.42 Å². The Morgan fingerprint density at radius 3 is 2.65 bits per heavy atom. The molecule has 0 saturated heterocycles. The van der Waals surface area contributed by atoms with E-state index < -0.39 is 0 Å². The van der Waals surface area contributed by atoms with E-state index in [1.807, 2.05) is 30.3 Å². The van der Waals surface area contributed by atoms with Crippen LogP contribution in [-0.4, -0.2) is 10.2 Å². The van der Waals surface area contributed by atoms with E-state index in [2.05, 4.69) is 34.6 Å². The van der Waals surface area contributed by atoms with Gasteiger partial charge in [-0.25, -0.2) is 0 Å². The topological polar surface area (TPSA) is 51.0 Å². The molecule has 4 nitrogen and oxygen atoms in total. The third kappa shape index (κ3) is 2.72. The van der Waals surface area contributed by atoms with Crippen LogP contribution in [0.5, 0.6) is 0 Å². The molecule has 20 heavy (non-hydrogen) atoms. The number of nitrogens with one attached hydrogen (secondary N) is 1. The lowest BCUT2D eigenvalue weighted by Gasteiger charge is -2.15. The van der Waals surface area contributed by atoms with Crippen molar-refractivity contribution in [1.82, 2.24) is 10.2 Å². The lowest BCUT2D eigenvalue weighted by atomic mass is 10.1. The smallest absolute Gasteiger partial charge is 0.206 e. The van der Waals surface area contributed by atoms with Gasteiger partial charge in [0.15, 0.2) is 0 Å². The Hall–Kier alpha value is -2.14. The third-order valence-electron chi connectivity index (χ3n) is 3.00. The molecule has 0 amide bonds. The zero-order valence-corrected chi connectivity index (χ0v) is 11.9. The molecule has 1 unspecified atom stereocenters. The summed E-state index contributed by atoms with van der Waals surface area (Å²) in [5.41, 5.74) is 1.13. The molecule has 5 heteroatoms.